The van der Waals surface area contributed by atoms with Crippen molar-refractivity contribution in [2.45, 2.75) is 13.5 Å². The van der Waals surface area contributed by atoms with Gasteiger partial charge in [0.1, 0.15) is 18.2 Å². The summed E-state index contributed by atoms with van der Waals surface area (Å²) in [6.07, 6.45) is 0. The molecule has 1 amide bonds. The maximum absolute atomic E-state index is 12.5. The molecule has 10 heteroatoms. The van der Waals surface area contributed by atoms with Crippen molar-refractivity contribution in [2.24, 2.45) is 0 Å². The minimum absolute atomic E-state index is 0.182. The normalized spacial score (nSPS) is 10.9. The van der Waals surface area contributed by atoms with E-state index in [-0.39, 0.29) is 12.5 Å². The van der Waals surface area contributed by atoms with Crippen LogP contribution in [0.1, 0.15) is 21.9 Å². The average Bonchev–Trinajstić information content (AvgIpc) is 3.18. The first-order chi connectivity index (χ1) is 16.5. The molecule has 2 heterocycles. The lowest BCUT2D eigenvalue weighted by Gasteiger charge is -2.11. The van der Waals surface area contributed by atoms with Crippen molar-refractivity contribution in [3.05, 3.63) is 70.6 Å². The smallest absolute Gasteiger partial charge is 0.251 e. The third kappa shape index (κ3) is 5.11. The second-order valence-corrected chi connectivity index (χ2v) is 7.95. The minimum Gasteiger partial charge on any atom is -0.497 e. The summed E-state index contributed by atoms with van der Waals surface area (Å²) < 4.78 is 12.2. The fourth-order valence-electron chi connectivity index (χ4n) is 3.56. The molecule has 0 saturated heterocycles. The molecule has 0 atom stereocenters. The number of hydrogen-bond acceptors (Lipinski definition) is 7. The van der Waals surface area contributed by atoms with Gasteiger partial charge in [-0.3, -0.25) is 4.79 Å². The van der Waals surface area contributed by atoms with E-state index in [4.69, 9.17) is 21.1 Å². The number of methoxy groups -OCH3 is 2. The summed E-state index contributed by atoms with van der Waals surface area (Å²) in [4.78, 5) is 21.7. The van der Waals surface area contributed by atoms with Gasteiger partial charge < -0.3 is 20.1 Å². The lowest BCUT2D eigenvalue weighted by Crippen LogP contribution is -2.29. The van der Waals surface area contributed by atoms with Crippen molar-refractivity contribution in [3.8, 4) is 11.4 Å². The molecule has 2 aromatic heterocycles. The molecular weight excluding hydrogens is 456 g/mol. The van der Waals surface area contributed by atoms with Crippen LogP contribution in [-0.4, -0.2) is 53.0 Å². The highest BCUT2D eigenvalue weighted by Gasteiger charge is 2.18. The van der Waals surface area contributed by atoms with Crippen molar-refractivity contribution < 1.29 is 14.3 Å². The van der Waals surface area contributed by atoms with Gasteiger partial charge in [-0.15, -0.1) is 0 Å². The number of aryl methyl sites for hydroxylation is 1. The molecule has 4 aromatic rings. The van der Waals surface area contributed by atoms with Gasteiger partial charge in [0.15, 0.2) is 11.5 Å². The van der Waals surface area contributed by atoms with Gasteiger partial charge in [-0.2, -0.15) is 5.10 Å². The molecular formula is C24H25ClN6O3. The highest BCUT2D eigenvalue weighted by Crippen LogP contribution is 2.27. The molecule has 0 unspecified atom stereocenters. The summed E-state index contributed by atoms with van der Waals surface area (Å²) >= 11 is 6.19. The molecule has 9 nitrogen and oxygen atoms in total. The molecule has 0 bridgehead atoms. The van der Waals surface area contributed by atoms with Crippen molar-refractivity contribution in [2.75, 3.05) is 32.6 Å². The Morgan fingerprint density at radius 2 is 1.91 bits per heavy atom. The number of anilines is 1. The molecule has 2 aromatic carbocycles. The van der Waals surface area contributed by atoms with Crippen LogP contribution in [0.25, 0.3) is 16.7 Å². The maximum atomic E-state index is 12.5. The highest BCUT2D eigenvalue weighted by molar-refractivity contribution is 6.30. The first-order valence-electron chi connectivity index (χ1n) is 10.7. The van der Waals surface area contributed by atoms with Crippen LogP contribution < -0.4 is 15.4 Å². The first kappa shape index (κ1) is 23.5. The third-order valence-electron chi connectivity index (χ3n) is 5.11. The number of ether oxygens (including phenoxy) is 2. The molecule has 34 heavy (non-hydrogen) atoms. The van der Waals surface area contributed by atoms with Gasteiger partial charge in [-0.25, -0.2) is 14.6 Å². The van der Waals surface area contributed by atoms with Crippen molar-refractivity contribution in [1.82, 2.24) is 25.1 Å². The fraction of sp³-hybridized carbons (Fsp3) is 0.250. The van der Waals surface area contributed by atoms with Crippen LogP contribution in [0.5, 0.6) is 5.75 Å². The van der Waals surface area contributed by atoms with Gasteiger partial charge in [-0.05, 0) is 43.3 Å². The molecule has 176 valence electrons. The Balaban J connectivity index is 1.55. The van der Waals surface area contributed by atoms with Crippen molar-refractivity contribution in [3.63, 3.8) is 0 Å². The summed E-state index contributed by atoms with van der Waals surface area (Å²) in [5.41, 5.74) is 2.74. The Morgan fingerprint density at radius 3 is 2.68 bits per heavy atom. The number of nitrogens with one attached hydrogen (secondary N) is 2. The number of halogens is 1. The Kier molecular flexibility index (Phi) is 7.24. The van der Waals surface area contributed by atoms with E-state index < -0.39 is 0 Å². The van der Waals surface area contributed by atoms with E-state index in [1.807, 2.05) is 31.2 Å². The molecule has 0 aliphatic carbocycles. The molecule has 0 aliphatic heterocycles. The first-order valence-corrected chi connectivity index (χ1v) is 11.0. The van der Waals surface area contributed by atoms with Crippen LogP contribution in [0.2, 0.25) is 5.02 Å². The number of hydrogen-bond donors (Lipinski definition) is 2. The topological polar surface area (TPSA) is 103 Å². The van der Waals surface area contributed by atoms with E-state index >= 15 is 0 Å². The number of nitrogens with zero attached hydrogens (tertiary/aromatic N) is 4. The Labute approximate surface area is 202 Å². The quantitative estimate of drug-likeness (QED) is 0.351. The second-order valence-electron chi connectivity index (χ2n) is 7.51. The zero-order valence-electron chi connectivity index (χ0n) is 19.1. The van der Waals surface area contributed by atoms with Gasteiger partial charge in [0.2, 0.25) is 0 Å². The number of amides is 1. The number of fused-ring (bicyclic) bond motifs is 1. The van der Waals surface area contributed by atoms with Crippen molar-refractivity contribution in [1.29, 1.82) is 0 Å². The zero-order valence-corrected chi connectivity index (χ0v) is 19.9. The average molecular weight is 481 g/mol. The third-order valence-corrected chi connectivity index (χ3v) is 5.34. The maximum Gasteiger partial charge on any atom is 0.251 e. The summed E-state index contributed by atoms with van der Waals surface area (Å²) in [6, 6.07) is 14.4. The lowest BCUT2D eigenvalue weighted by atomic mass is 10.2. The zero-order chi connectivity index (χ0) is 24.1. The van der Waals surface area contributed by atoms with Gasteiger partial charge in [0, 0.05) is 30.8 Å². The Morgan fingerprint density at radius 1 is 1.09 bits per heavy atom. The molecule has 0 fully saturated rings. The van der Waals surface area contributed by atoms with E-state index in [0.717, 1.165) is 16.8 Å². The van der Waals surface area contributed by atoms with Crippen LogP contribution in [-0.2, 0) is 11.3 Å². The van der Waals surface area contributed by atoms with E-state index in [9.17, 15) is 4.79 Å². The van der Waals surface area contributed by atoms with E-state index in [2.05, 4.69) is 25.7 Å². The fourth-order valence-corrected chi connectivity index (χ4v) is 3.75. The van der Waals surface area contributed by atoms with Crippen LogP contribution in [0, 0.1) is 6.92 Å². The summed E-state index contributed by atoms with van der Waals surface area (Å²) in [5.74, 6) is 1.59. The van der Waals surface area contributed by atoms with Gasteiger partial charge in [-0.1, -0.05) is 23.7 Å². The predicted octanol–water partition coefficient (Wildman–Crippen LogP) is 3.77. The summed E-state index contributed by atoms with van der Waals surface area (Å²) in [7, 11) is 3.16. The van der Waals surface area contributed by atoms with Gasteiger partial charge in [0.05, 0.1) is 23.9 Å². The molecule has 0 spiro atoms. The largest absolute Gasteiger partial charge is 0.497 e. The van der Waals surface area contributed by atoms with Crippen LogP contribution in [0.15, 0.2) is 48.5 Å². The van der Waals surface area contributed by atoms with E-state index in [1.165, 1.54) is 0 Å². The van der Waals surface area contributed by atoms with Crippen molar-refractivity contribution >= 4 is 34.4 Å². The monoisotopic (exact) mass is 480 g/mol. The number of carbonyl (C=O) groups is 1. The standard InChI is InChI=1S/C24H25ClN6O3/c1-15-21-22(26-10-11-27-24(32)16-6-4-9-19(12-16)34-3)28-20(14-33-2)29-23(21)31(30-15)18-8-5-7-17(25)13-18/h4-9,12-13H,10-11,14H2,1-3H3,(H,27,32)(H,26,28,29). The lowest BCUT2D eigenvalue weighted by molar-refractivity contribution is 0.0955. The SMILES string of the molecule is COCc1nc(NCCNC(=O)c2cccc(OC)c2)c2c(C)nn(-c3cccc(Cl)c3)c2n1. The number of carbonyl (C=O) groups excluding carboxylic acids is 1. The number of benzene rings is 2. The van der Waals surface area contributed by atoms with E-state index in [0.29, 0.717) is 46.7 Å². The second kappa shape index (κ2) is 10.5. The Bertz CT molecular complexity index is 1320. The molecule has 4 rings (SSSR count). The van der Waals surface area contributed by atoms with E-state index in [1.54, 1.807) is 43.2 Å². The summed E-state index contributed by atoms with van der Waals surface area (Å²) in [5, 5.41) is 12.3. The van der Waals surface area contributed by atoms with Crippen LogP contribution in [0.3, 0.4) is 0 Å². The molecule has 0 aliphatic rings. The molecule has 0 saturated carbocycles. The van der Waals surface area contributed by atoms with Crippen LogP contribution in [0.4, 0.5) is 5.82 Å². The van der Waals surface area contributed by atoms with Gasteiger partial charge >= 0.3 is 0 Å². The molecule has 2 N–H and O–H groups in total. The number of aromatic nitrogens is 4. The molecule has 0 radical (unpaired) electrons. The van der Waals surface area contributed by atoms with Crippen LogP contribution >= 0.6 is 11.6 Å². The highest BCUT2D eigenvalue weighted by atomic mass is 35.5. The minimum atomic E-state index is -0.182. The predicted molar refractivity (Wildman–Crippen MR) is 131 cm³/mol. The summed E-state index contributed by atoms with van der Waals surface area (Å²) in [6.45, 7) is 2.99. The Hall–Kier alpha value is -3.69. The van der Waals surface area contributed by atoms with Gasteiger partial charge in [0.25, 0.3) is 5.91 Å². The number of rotatable bonds is 9.